The van der Waals surface area contributed by atoms with E-state index < -0.39 is 11.6 Å². The van der Waals surface area contributed by atoms with Crippen LogP contribution in [-0.4, -0.2) is 40.5 Å². The van der Waals surface area contributed by atoms with E-state index in [0.717, 1.165) is 32.1 Å². The Morgan fingerprint density at radius 3 is 2.63 bits per heavy atom. The second kappa shape index (κ2) is 12.7. The molecular weight excluding hydrogens is 514 g/mol. The smallest absolute Gasteiger partial charge is 0.252 e. The molecule has 2 aromatic carbocycles. The first-order chi connectivity index (χ1) is 18.4. The average molecular weight is 543 g/mol. The monoisotopic (exact) mass is 542 g/mol. The van der Waals surface area contributed by atoms with Crippen molar-refractivity contribution < 1.29 is 18.3 Å². The summed E-state index contributed by atoms with van der Waals surface area (Å²) in [6, 6.07) is 7.75. The minimum Gasteiger partial charge on any atom is -0.494 e. The number of carbonyl (C=O) groups is 1. The first-order valence-corrected chi connectivity index (χ1v) is 12.7. The highest BCUT2D eigenvalue weighted by Crippen LogP contribution is 2.32. The third-order valence-corrected chi connectivity index (χ3v) is 6.43. The molecule has 4 aromatic rings. The van der Waals surface area contributed by atoms with Crippen molar-refractivity contribution in [2.24, 2.45) is 5.73 Å². The molecule has 0 aliphatic carbocycles. The number of amides is 1. The Morgan fingerprint density at radius 1 is 1.08 bits per heavy atom. The lowest BCUT2D eigenvalue weighted by atomic mass is 10.1. The van der Waals surface area contributed by atoms with Gasteiger partial charge in [-0.1, -0.05) is 30.9 Å². The number of unbranched alkanes of at least 4 members (excludes halogenated alkanes) is 4. The van der Waals surface area contributed by atoms with E-state index in [4.69, 9.17) is 22.1 Å². The third kappa shape index (κ3) is 6.03. The number of nitrogens with zero attached hydrogens (tertiary/aromatic N) is 3. The molecule has 0 saturated heterocycles. The summed E-state index contributed by atoms with van der Waals surface area (Å²) in [4.78, 5) is 21.2. The van der Waals surface area contributed by atoms with Gasteiger partial charge in [-0.3, -0.25) is 9.20 Å². The predicted molar refractivity (Wildman–Crippen MR) is 144 cm³/mol. The van der Waals surface area contributed by atoms with Crippen LogP contribution in [0.5, 0.6) is 5.75 Å². The van der Waals surface area contributed by atoms with Gasteiger partial charge in [0.15, 0.2) is 23.0 Å². The highest BCUT2D eigenvalue weighted by Gasteiger charge is 2.19. The SMILES string of the molecule is COc1ccc(-c2cnc3c(Nc4ccc(C(=O)NCCCCCCCN)c(Cl)c4)nccn23)c(F)c1F. The molecule has 4 rings (SSSR count). The number of halogens is 3. The molecule has 8 nitrogen and oxygen atoms in total. The van der Waals surface area contributed by atoms with Crippen LogP contribution in [0.15, 0.2) is 48.9 Å². The number of imidazole rings is 1. The van der Waals surface area contributed by atoms with Gasteiger partial charge in [-0.15, -0.1) is 0 Å². The van der Waals surface area contributed by atoms with Crippen LogP contribution in [0.2, 0.25) is 5.02 Å². The van der Waals surface area contributed by atoms with Crippen molar-refractivity contribution in [1.29, 1.82) is 0 Å². The van der Waals surface area contributed by atoms with E-state index in [1.165, 1.54) is 31.6 Å². The Kier molecular flexibility index (Phi) is 9.09. The molecule has 1 amide bonds. The van der Waals surface area contributed by atoms with E-state index in [2.05, 4.69) is 20.6 Å². The normalized spacial score (nSPS) is 11.1. The minimum absolute atomic E-state index is 0.0296. The molecule has 0 atom stereocenters. The second-order valence-corrected chi connectivity index (χ2v) is 9.10. The zero-order valence-corrected chi connectivity index (χ0v) is 21.7. The summed E-state index contributed by atoms with van der Waals surface area (Å²) in [6.07, 6.45) is 9.69. The van der Waals surface area contributed by atoms with Gasteiger partial charge in [-0.2, -0.15) is 4.39 Å². The van der Waals surface area contributed by atoms with Crippen molar-refractivity contribution in [3.63, 3.8) is 0 Å². The summed E-state index contributed by atoms with van der Waals surface area (Å²) < 4.78 is 35.5. The second-order valence-electron chi connectivity index (χ2n) is 8.69. The van der Waals surface area contributed by atoms with Crippen LogP contribution < -0.4 is 21.1 Å². The van der Waals surface area contributed by atoms with E-state index in [-0.39, 0.29) is 22.2 Å². The number of fused-ring (bicyclic) bond motifs is 1. The van der Waals surface area contributed by atoms with Crippen LogP contribution >= 0.6 is 11.6 Å². The zero-order chi connectivity index (χ0) is 27.1. The molecule has 0 unspecified atom stereocenters. The van der Waals surface area contributed by atoms with Crippen molar-refractivity contribution >= 4 is 34.7 Å². The van der Waals surface area contributed by atoms with Gasteiger partial charge in [0, 0.05) is 30.2 Å². The van der Waals surface area contributed by atoms with Gasteiger partial charge in [0.25, 0.3) is 5.91 Å². The van der Waals surface area contributed by atoms with Crippen molar-refractivity contribution in [2.75, 3.05) is 25.5 Å². The number of benzene rings is 2. The van der Waals surface area contributed by atoms with E-state index >= 15 is 0 Å². The van der Waals surface area contributed by atoms with E-state index in [0.29, 0.717) is 41.5 Å². The lowest BCUT2D eigenvalue weighted by Crippen LogP contribution is -2.24. The standard InChI is InChI=1S/C27H29ClF2N6O2/c1-38-22-10-9-19(23(29)24(22)30)21-16-34-26-25(32-13-14-36(21)26)35-17-7-8-18(20(28)15-17)27(37)33-12-6-4-2-3-5-11-31/h7-10,13-16H,2-6,11-12,31H2,1H3,(H,32,35)(H,33,37). The molecule has 38 heavy (non-hydrogen) atoms. The first-order valence-electron chi connectivity index (χ1n) is 12.3. The van der Waals surface area contributed by atoms with Gasteiger partial charge in [0.2, 0.25) is 5.82 Å². The number of nitrogens with one attached hydrogen (secondary N) is 2. The average Bonchev–Trinajstić information content (AvgIpc) is 3.34. The van der Waals surface area contributed by atoms with Crippen molar-refractivity contribution in [3.8, 4) is 17.0 Å². The van der Waals surface area contributed by atoms with Gasteiger partial charge in [-0.25, -0.2) is 14.4 Å². The summed E-state index contributed by atoms with van der Waals surface area (Å²) in [5.74, 6) is -2.17. The van der Waals surface area contributed by atoms with Crippen LogP contribution in [0.3, 0.4) is 0 Å². The number of anilines is 2. The van der Waals surface area contributed by atoms with Crippen LogP contribution in [0, 0.1) is 11.6 Å². The fraction of sp³-hybridized carbons (Fsp3) is 0.296. The lowest BCUT2D eigenvalue weighted by molar-refractivity contribution is 0.0953. The molecule has 0 saturated carbocycles. The van der Waals surface area contributed by atoms with Crippen LogP contribution in [0.25, 0.3) is 16.9 Å². The van der Waals surface area contributed by atoms with E-state index in [1.54, 1.807) is 28.8 Å². The summed E-state index contributed by atoms with van der Waals surface area (Å²) in [6.45, 7) is 1.28. The summed E-state index contributed by atoms with van der Waals surface area (Å²) >= 11 is 6.41. The van der Waals surface area contributed by atoms with Crippen molar-refractivity contribution in [3.05, 3.63) is 71.1 Å². The number of ether oxygens (including phenoxy) is 1. The molecule has 0 radical (unpaired) electrons. The first kappa shape index (κ1) is 27.3. The van der Waals surface area contributed by atoms with Crippen LogP contribution in [-0.2, 0) is 0 Å². The summed E-state index contributed by atoms with van der Waals surface area (Å²) in [5.41, 5.74) is 7.21. The van der Waals surface area contributed by atoms with Gasteiger partial charge in [0.1, 0.15) is 0 Å². The Bertz CT molecular complexity index is 1430. The maximum Gasteiger partial charge on any atom is 0.252 e. The number of rotatable bonds is 12. The number of hydrogen-bond acceptors (Lipinski definition) is 6. The van der Waals surface area contributed by atoms with Crippen LogP contribution in [0.1, 0.15) is 42.5 Å². The van der Waals surface area contributed by atoms with E-state index in [1.807, 2.05) is 0 Å². The molecular formula is C27H29ClF2N6O2. The highest BCUT2D eigenvalue weighted by molar-refractivity contribution is 6.34. The quantitative estimate of drug-likeness (QED) is 0.198. The van der Waals surface area contributed by atoms with Gasteiger partial charge < -0.3 is 21.1 Å². The topological polar surface area (TPSA) is 107 Å². The number of aromatic nitrogens is 3. The fourth-order valence-corrected chi connectivity index (χ4v) is 4.37. The third-order valence-electron chi connectivity index (χ3n) is 6.11. The number of hydrogen-bond donors (Lipinski definition) is 3. The van der Waals surface area contributed by atoms with E-state index in [9.17, 15) is 13.6 Å². The summed E-state index contributed by atoms with van der Waals surface area (Å²) in [5, 5.41) is 6.31. The van der Waals surface area contributed by atoms with Crippen LogP contribution in [0.4, 0.5) is 20.3 Å². The number of methoxy groups -OCH3 is 1. The zero-order valence-electron chi connectivity index (χ0n) is 20.9. The molecule has 4 N–H and O–H groups in total. The molecule has 0 fully saturated rings. The molecule has 0 aliphatic heterocycles. The molecule has 2 heterocycles. The molecule has 2 aromatic heterocycles. The van der Waals surface area contributed by atoms with Crippen molar-refractivity contribution in [1.82, 2.24) is 19.7 Å². The number of nitrogens with two attached hydrogens (primary N) is 1. The number of carbonyl (C=O) groups excluding carboxylic acids is 1. The summed E-state index contributed by atoms with van der Waals surface area (Å²) in [7, 11) is 1.27. The molecule has 0 aliphatic rings. The maximum absolute atomic E-state index is 14.7. The Balaban J connectivity index is 1.47. The minimum atomic E-state index is -1.08. The van der Waals surface area contributed by atoms with Crippen molar-refractivity contribution in [2.45, 2.75) is 32.1 Å². The molecule has 0 bridgehead atoms. The van der Waals surface area contributed by atoms with Gasteiger partial charge in [0.05, 0.1) is 29.6 Å². The molecule has 0 spiro atoms. The Morgan fingerprint density at radius 2 is 1.87 bits per heavy atom. The molecule has 11 heteroatoms. The van der Waals surface area contributed by atoms with Gasteiger partial charge >= 0.3 is 0 Å². The highest BCUT2D eigenvalue weighted by atomic mass is 35.5. The Hall–Kier alpha value is -3.76. The Labute approximate surface area is 224 Å². The largest absolute Gasteiger partial charge is 0.494 e. The van der Waals surface area contributed by atoms with Gasteiger partial charge in [-0.05, 0) is 49.7 Å². The maximum atomic E-state index is 14.7. The fourth-order valence-electron chi connectivity index (χ4n) is 4.10. The predicted octanol–water partition coefficient (Wildman–Crippen LogP) is 5.72. The lowest BCUT2D eigenvalue weighted by Gasteiger charge is -2.11. The molecule has 200 valence electrons.